The molecule has 0 rings (SSSR count). The van der Waals surface area contributed by atoms with Crippen molar-refractivity contribution in [3.8, 4) is 0 Å². The maximum atomic E-state index is 12.0. The van der Waals surface area contributed by atoms with E-state index in [1.54, 1.807) is 13.8 Å². The lowest BCUT2D eigenvalue weighted by molar-refractivity contribution is -0.148. The molecule has 0 bridgehead atoms. The lowest BCUT2D eigenvalue weighted by Crippen LogP contribution is -2.56. The van der Waals surface area contributed by atoms with E-state index in [1.165, 1.54) is 6.92 Å². The number of rotatable bonds is 6. The molecule has 0 aromatic heterocycles. The van der Waals surface area contributed by atoms with Crippen LogP contribution in [0.15, 0.2) is 0 Å². The Hall–Kier alpha value is -1.10. The molecule has 0 aromatic carbocycles. The molecule has 0 aliphatic rings. The number of carbonyl (C=O) groups excluding carboxylic acids is 1. The fourth-order valence-electron chi connectivity index (χ4n) is 1.09. The molecule has 0 heterocycles. The maximum absolute atomic E-state index is 12.0. The first-order valence-corrected chi connectivity index (χ1v) is 5.51. The third-order valence-corrected chi connectivity index (χ3v) is 3.35. The Morgan fingerprint density at radius 2 is 1.75 bits per heavy atom. The molecule has 0 aliphatic carbocycles. The van der Waals surface area contributed by atoms with Gasteiger partial charge in [-0.15, -0.1) is 0 Å². The average molecular weight is 230 g/mol. The second-order valence-corrected chi connectivity index (χ2v) is 4.56. The van der Waals surface area contributed by atoms with Crippen LogP contribution in [0.25, 0.3) is 0 Å². The van der Waals surface area contributed by atoms with E-state index in [9.17, 15) is 9.59 Å². The molecule has 1 amide bonds. The lowest BCUT2D eigenvalue weighted by Gasteiger charge is -2.31. The van der Waals surface area contributed by atoms with Gasteiger partial charge in [-0.05, 0) is 26.7 Å². The first-order valence-electron chi connectivity index (χ1n) is 5.51. The van der Waals surface area contributed by atoms with Crippen LogP contribution in [-0.2, 0) is 9.59 Å². The zero-order valence-corrected chi connectivity index (χ0v) is 10.5. The van der Waals surface area contributed by atoms with E-state index in [1.807, 2.05) is 6.92 Å². The fraction of sp³-hybridized carbons (Fsp3) is 0.818. The summed E-state index contributed by atoms with van der Waals surface area (Å²) in [5.41, 5.74) is 3.62. The predicted octanol–water partition coefficient (Wildman–Crippen LogP) is 0.731. The molecule has 5 nitrogen and oxygen atoms in total. The van der Waals surface area contributed by atoms with Crippen LogP contribution in [-0.4, -0.2) is 29.1 Å². The van der Waals surface area contributed by atoms with Gasteiger partial charge in [0.05, 0.1) is 5.41 Å². The molecule has 0 saturated heterocycles. The first kappa shape index (κ1) is 14.9. The van der Waals surface area contributed by atoms with Crippen LogP contribution in [0.2, 0.25) is 0 Å². The highest BCUT2D eigenvalue weighted by Gasteiger charge is 2.38. The number of amides is 1. The maximum Gasteiger partial charge on any atom is 0.329 e. The van der Waals surface area contributed by atoms with E-state index < -0.39 is 16.9 Å². The van der Waals surface area contributed by atoms with Crippen molar-refractivity contribution in [2.45, 2.75) is 46.1 Å². The quantitative estimate of drug-likeness (QED) is 0.627. The summed E-state index contributed by atoms with van der Waals surface area (Å²) < 4.78 is 0. The van der Waals surface area contributed by atoms with Gasteiger partial charge in [-0.1, -0.05) is 13.8 Å². The predicted molar refractivity (Wildman–Crippen MR) is 61.9 cm³/mol. The molecule has 94 valence electrons. The molecule has 0 saturated carbocycles. The van der Waals surface area contributed by atoms with Crippen molar-refractivity contribution in [2.24, 2.45) is 11.1 Å². The smallest absolute Gasteiger partial charge is 0.329 e. The van der Waals surface area contributed by atoms with Gasteiger partial charge in [0.15, 0.2) is 0 Å². The van der Waals surface area contributed by atoms with Crippen LogP contribution in [0.1, 0.15) is 40.5 Å². The van der Waals surface area contributed by atoms with Crippen LogP contribution in [0.5, 0.6) is 0 Å². The standard InChI is InChI=1S/C11H22N2O3/c1-5-10(3,7-12)8(14)13-11(4,6-2)9(15)16/h5-7,12H2,1-4H3,(H,13,14)(H,15,16). The van der Waals surface area contributed by atoms with E-state index in [-0.39, 0.29) is 12.5 Å². The summed E-state index contributed by atoms with van der Waals surface area (Å²) >= 11 is 0. The number of carboxylic acid groups (broad SMARTS) is 1. The molecule has 4 N–H and O–H groups in total. The molecular weight excluding hydrogens is 208 g/mol. The minimum atomic E-state index is -1.22. The average Bonchev–Trinajstić information content (AvgIpc) is 2.27. The molecule has 0 aromatic rings. The molecule has 5 heteroatoms. The van der Waals surface area contributed by atoms with Crippen molar-refractivity contribution in [3.63, 3.8) is 0 Å². The van der Waals surface area contributed by atoms with E-state index >= 15 is 0 Å². The van der Waals surface area contributed by atoms with Gasteiger partial charge >= 0.3 is 5.97 Å². The van der Waals surface area contributed by atoms with Crippen LogP contribution in [0.4, 0.5) is 0 Å². The zero-order valence-electron chi connectivity index (χ0n) is 10.5. The van der Waals surface area contributed by atoms with Gasteiger partial charge in [-0.25, -0.2) is 4.79 Å². The monoisotopic (exact) mass is 230 g/mol. The van der Waals surface area contributed by atoms with Crippen LogP contribution < -0.4 is 11.1 Å². The summed E-state index contributed by atoms with van der Waals surface area (Å²) in [5, 5.41) is 11.6. The minimum absolute atomic E-state index is 0.203. The highest BCUT2D eigenvalue weighted by Crippen LogP contribution is 2.21. The summed E-state index contributed by atoms with van der Waals surface area (Å²) in [5.74, 6) is -1.33. The van der Waals surface area contributed by atoms with Crippen molar-refractivity contribution >= 4 is 11.9 Å². The van der Waals surface area contributed by atoms with Gasteiger partial charge in [0.25, 0.3) is 0 Å². The number of aliphatic carboxylic acids is 1. The SMILES string of the molecule is CCC(C)(CN)C(=O)NC(C)(CC)C(=O)O. The summed E-state index contributed by atoms with van der Waals surface area (Å²) in [6.07, 6.45) is 0.910. The van der Waals surface area contributed by atoms with Gasteiger partial charge in [-0.2, -0.15) is 0 Å². The number of nitrogens with two attached hydrogens (primary N) is 1. The Morgan fingerprint density at radius 1 is 1.25 bits per heavy atom. The Labute approximate surface area is 96.4 Å². The van der Waals surface area contributed by atoms with Gasteiger partial charge in [0.2, 0.25) is 5.91 Å². The molecule has 0 aliphatic heterocycles. The Morgan fingerprint density at radius 3 is 2.00 bits per heavy atom. The van der Waals surface area contributed by atoms with Gasteiger partial charge in [0.1, 0.15) is 5.54 Å². The first-order chi connectivity index (χ1) is 7.25. The number of carbonyl (C=O) groups is 2. The number of nitrogens with one attached hydrogen (secondary N) is 1. The molecule has 0 fully saturated rings. The van der Waals surface area contributed by atoms with Crippen molar-refractivity contribution in [2.75, 3.05) is 6.54 Å². The second-order valence-electron chi connectivity index (χ2n) is 4.56. The van der Waals surface area contributed by atoms with Gasteiger partial charge in [-0.3, -0.25) is 4.79 Å². The number of hydrogen-bond acceptors (Lipinski definition) is 3. The largest absolute Gasteiger partial charge is 0.480 e. The van der Waals surface area contributed by atoms with Crippen molar-refractivity contribution in [1.29, 1.82) is 0 Å². The molecule has 2 atom stereocenters. The molecule has 0 spiro atoms. The minimum Gasteiger partial charge on any atom is -0.480 e. The summed E-state index contributed by atoms with van der Waals surface area (Å²) in [7, 11) is 0. The van der Waals surface area contributed by atoms with E-state index in [2.05, 4.69) is 5.32 Å². The molecule has 0 radical (unpaired) electrons. The van der Waals surface area contributed by atoms with Crippen LogP contribution in [0, 0.1) is 5.41 Å². The second kappa shape index (κ2) is 5.30. The normalized spacial score (nSPS) is 18.3. The molecule has 16 heavy (non-hydrogen) atoms. The topological polar surface area (TPSA) is 92.4 Å². The molecular formula is C11H22N2O3. The van der Waals surface area contributed by atoms with Crippen molar-refractivity contribution < 1.29 is 14.7 Å². The van der Waals surface area contributed by atoms with Crippen LogP contribution >= 0.6 is 0 Å². The lowest BCUT2D eigenvalue weighted by atomic mass is 9.85. The molecule has 2 unspecified atom stereocenters. The highest BCUT2D eigenvalue weighted by atomic mass is 16.4. The summed E-state index contributed by atoms with van der Waals surface area (Å²) in [6.45, 7) is 7.02. The third kappa shape index (κ3) is 2.95. The van der Waals surface area contributed by atoms with E-state index in [4.69, 9.17) is 10.8 Å². The summed E-state index contributed by atoms with van der Waals surface area (Å²) in [4.78, 5) is 23.0. The number of hydrogen-bond donors (Lipinski definition) is 3. The highest BCUT2D eigenvalue weighted by molar-refractivity contribution is 5.89. The Balaban J connectivity index is 4.85. The van der Waals surface area contributed by atoms with Gasteiger partial charge in [0, 0.05) is 6.54 Å². The third-order valence-electron chi connectivity index (χ3n) is 3.35. The van der Waals surface area contributed by atoms with Crippen LogP contribution in [0.3, 0.4) is 0 Å². The van der Waals surface area contributed by atoms with Crippen molar-refractivity contribution in [1.82, 2.24) is 5.32 Å². The Bertz CT molecular complexity index is 274. The summed E-state index contributed by atoms with van der Waals surface area (Å²) in [6, 6.07) is 0. The Kier molecular flexibility index (Phi) is 4.93. The fourth-order valence-corrected chi connectivity index (χ4v) is 1.09. The van der Waals surface area contributed by atoms with Gasteiger partial charge < -0.3 is 16.2 Å². The zero-order chi connectivity index (χ0) is 13.0. The number of carboxylic acids is 1. The van der Waals surface area contributed by atoms with Crippen molar-refractivity contribution in [3.05, 3.63) is 0 Å². The van der Waals surface area contributed by atoms with E-state index in [0.29, 0.717) is 12.8 Å². The van der Waals surface area contributed by atoms with E-state index in [0.717, 1.165) is 0 Å².